The van der Waals surface area contributed by atoms with Crippen molar-refractivity contribution in [2.45, 2.75) is 18.8 Å². The number of rotatable bonds is 8. The molecule has 1 aromatic carbocycles. The lowest BCUT2D eigenvalue weighted by atomic mass is 9.78. The van der Waals surface area contributed by atoms with Crippen molar-refractivity contribution in [1.29, 1.82) is 0 Å². The van der Waals surface area contributed by atoms with Crippen LogP contribution in [0.2, 0.25) is 0 Å². The van der Waals surface area contributed by atoms with E-state index in [4.69, 9.17) is 0 Å². The predicted molar refractivity (Wildman–Crippen MR) is 100 cm³/mol. The molecule has 0 aliphatic rings. The number of thiophene rings is 1. The first kappa shape index (κ1) is 19.7. The maximum absolute atomic E-state index is 12.2. The third-order valence-corrected chi connectivity index (χ3v) is 5.24. The molecule has 1 atom stereocenters. The minimum Gasteiger partial charge on any atom is -0.481 e. The molecule has 2 aromatic rings. The van der Waals surface area contributed by atoms with Crippen molar-refractivity contribution in [2.24, 2.45) is 0 Å². The van der Waals surface area contributed by atoms with Crippen LogP contribution in [0.1, 0.15) is 28.6 Å². The number of benzene rings is 1. The number of carboxylic acid groups (broad SMARTS) is 1. The van der Waals surface area contributed by atoms with E-state index in [9.17, 15) is 19.5 Å². The molecule has 2 rings (SSSR count). The van der Waals surface area contributed by atoms with Crippen LogP contribution in [0.5, 0.6) is 0 Å². The van der Waals surface area contributed by atoms with E-state index in [1.54, 1.807) is 55.7 Å². The maximum Gasteiger partial charge on any atom is 0.315 e. The average Bonchev–Trinajstić information content (AvgIpc) is 3.17. The van der Waals surface area contributed by atoms with Gasteiger partial charge in [-0.3, -0.25) is 14.4 Å². The van der Waals surface area contributed by atoms with Gasteiger partial charge in [0.05, 0.1) is 11.4 Å². The van der Waals surface area contributed by atoms with E-state index in [0.717, 1.165) is 0 Å². The monoisotopic (exact) mass is 374 g/mol. The molecule has 1 heterocycles. The number of nitrogens with zero attached hydrogens (tertiary/aromatic N) is 1. The zero-order valence-electron chi connectivity index (χ0n) is 14.8. The molecule has 2 N–H and O–H groups in total. The van der Waals surface area contributed by atoms with Crippen LogP contribution in [-0.2, 0) is 15.0 Å². The van der Waals surface area contributed by atoms with Crippen molar-refractivity contribution < 1.29 is 19.5 Å². The Morgan fingerprint density at radius 1 is 1.15 bits per heavy atom. The van der Waals surface area contributed by atoms with Gasteiger partial charge < -0.3 is 15.3 Å². The van der Waals surface area contributed by atoms with Crippen LogP contribution < -0.4 is 5.32 Å². The van der Waals surface area contributed by atoms with Gasteiger partial charge in [0.1, 0.15) is 5.41 Å². The van der Waals surface area contributed by atoms with E-state index in [1.165, 1.54) is 16.2 Å². The summed E-state index contributed by atoms with van der Waals surface area (Å²) in [6, 6.07) is 12.3. The highest BCUT2D eigenvalue weighted by atomic mass is 32.1. The summed E-state index contributed by atoms with van der Waals surface area (Å²) in [5, 5.41) is 14.2. The molecule has 0 saturated heterocycles. The Balaban J connectivity index is 2.03. The second kappa shape index (κ2) is 8.62. The number of carboxylic acids is 1. The SMILES string of the molecule is CCC(CNC(=O)CN(C)C(=O)c1cccs1)(C(=O)O)c1ccccc1. The molecule has 6 nitrogen and oxygen atoms in total. The Morgan fingerprint density at radius 2 is 1.85 bits per heavy atom. The summed E-state index contributed by atoms with van der Waals surface area (Å²) in [5.41, 5.74) is -0.564. The van der Waals surface area contributed by atoms with Gasteiger partial charge in [-0.25, -0.2) is 0 Å². The number of amides is 2. The van der Waals surface area contributed by atoms with Gasteiger partial charge in [-0.1, -0.05) is 43.3 Å². The lowest BCUT2D eigenvalue weighted by Crippen LogP contribution is -2.48. The second-order valence-electron chi connectivity index (χ2n) is 6.02. The third kappa shape index (κ3) is 4.29. The fourth-order valence-corrected chi connectivity index (χ4v) is 3.44. The summed E-state index contributed by atoms with van der Waals surface area (Å²) in [6.45, 7) is 1.60. The fourth-order valence-electron chi connectivity index (χ4n) is 2.72. The standard InChI is InChI=1S/C19H22N2O4S/c1-3-19(18(24)25,14-8-5-4-6-9-14)13-20-16(22)12-21(2)17(23)15-10-7-11-26-15/h4-11H,3,12-13H2,1-2H3,(H,20,22)(H,24,25). The van der Waals surface area contributed by atoms with Gasteiger partial charge in [0.25, 0.3) is 5.91 Å². The quantitative estimate of drug-likeness (QED) is 0.743. The van der Waals surface area contributed by atoms with E-state index >= 15 is 0 Å². The molecule has 2 amide bonds. The van der Waals surface area contributed by atoms with Gasteiger partial charge in [0.15, 0.2) is 0 Å². The minimum atomic E-state index is -1.20. The number of likely N-dealkylation sites (N-methyl/N-ethyl adjacent to an activating group) is 1. The normalized spacial score (nSPS) is 12.8. The lowest BCUT2D eigenvalue weighted by molar-refractivity contribution is -0.144. The number of aliphatic carboxylic acids is 1. The number of nitrogens with one attached hydrogen (secondary N) is 1. The molecule has 0 saturated carbocycles. The second-order valence-corrected chi connectivity index (χ2v) is 6.97. The van der Waals surface area contributed by atoms with Crippen LogP contribution >= 0.6 is 11.3 Å². The highest BCUT2D eigenvalue weighted by Crippen LogP contribution is 2.27. The lowest BCUT2D eigenvalue weighted by Gasteiger charge is -2.29. The van der Waals surface area contributed by atoms with Crippen LogP contribution in [-0.4, -0.2) is 47.9 Å². The molecule has 0 radical (unpaired) electrons. The molecule has 0 spiro atoms. The molecule has 0 bridgehead atoms. The van der Waals surface area contributed by atoms with E-state index in [2.05, 4.69) is 5.32 Å². The molecule has 0 aliphatic heterocycles. The first-order valence-corrected chi connectivity index (χ1v) is 9.13. The Kier molecular flexibility index (Phi) is 6.52. The van der Waals surface area contributed by atoms with Crippen LogP contribution in [0.15, 0.2) is 47.8 Å². The minimum absolute atomic E-state index is 0.0390. The summed E-state index contributed by atoms with van der Waals surface area (Å²) in [5.74, 6) is -1.62. The van der Waals surface area contributed by atoms with E-state index < -0.39 is 17.3 Å². The summed E-state index contributed by atoms with van der Waals surface area (Å²) in [4.78, 5) is 38.2. The molecular weight excluding hydrogens is 352 g/mol. The zero-order valence-corrected chi connectivity index (χ0v) is 15.6. The van der Waals surface area contributed by atoms with Crippen molar-refractivity contribution in [1.82, 2.24) is 10.2 Å². The van der Waals surface area contributed by atoms with Crippen molar-refractivity contribution in [3.05, 3.63) is 58.3 Å². The summed E-state index contributed by atoms with van der Waals surface area (Å²) < 4.78 is 0. The predicted octanol–water partition coefficient (Wildman–Crippen LogP) is 2.37. The number of carbonyl (C=O) groups is 3. The number of carbonyl (C=O) groups excluding carboxylic acids is 2. The molecule has 0 fully saturated rings. The largest absolute Gasteiger partial charge is 0.481 e. The zero-order chi connectivity index (χ0) is 19.2. The summed E-state index contributed by atoms with van der Waals surface area (Å²) in [7, 11) is 1.54. The fraction of sp³-hybridized carbons (Fsp3) is 0.316. The Bertz CT molecular complexity index is 761. The summed E-state index contributed by atoms with van der Waals surface area (Å²) >= 11 is 1.31. The molecular formula is C19H22N2O4S. The van der Waals surface area contributed by atoms with Crippen molar-refractivity contribution in [3.8, 4) is 0 Å². The highest BCUT2D eigenvalue weighted by Gasteiger charge is 2.39. The van der Waals surface area contributed by atoms with Crippen molar-refractivity contribution in [2.75, 3.05) is 20.1 Å². The molecule has 1 aromatic heterocycles. The molecule has 7 heteroatoms. The van der Waals surface area contributed by atoms with Gasteiger partial charge >= 0.3 is 5.97 Å². The van der Waals surface area contributed by atoms with Crippen LogP contribution in [0.3, 0.4) is 0 Å². The van der Waals surface area contributed by atoms with Gasteiger partial charge in [0, 0.05) is 13.6 Å². The third-order valence-electron chi connectivity index (χ3n) is 4.39. The highest BCUT2D eigenvalue weighted by molar-refractivity contribution is 7.12. The molecule has 26 heavy (non-hydrogen) atoms. The molecule has 138 valence electrons. The molecule has 1 unspecified atom stereocenters. The smallest absolute Gasteiger partial charge is 0.315 e. The van der Waals surface area contributed by atoms with Gasteiger partial charge in [-0.2, -0.15) is 0 Å². The number of hydrogen-bond donors (Lipinski definition) is 2. The summed E-state index contributed by atoms with van der Waals surface area (Å²) in [6.07, 6.45) is 0.330. The van der Waals surface area contributed by atoms with Crippen LogP contribution in [0, 0.1) is 0 Å². The van der Waals surface area contributed by atoms with Crippen molar-refractivity contribution in [3.63, 3.8) is 0 Å². The van der Waals surface area contributed by atoms with E-state index in [-0.39, 0.29) is 19.0 Å². The maximum atomic E-state index is 12.2. The van der Waals surface area contributed by atoms with E-state index in [1.807, 2.05) is 6.07 Å². The van der Waals surface area contributed by atoms with Gasteiger partial charge in [-0.15, -0.1) is 11.3 Å². The molecule has 0 aliphatic carbocycles. The Hall–Kier alpha value is -2.67. The first-order chi connectivity index (χ1) is 12.4. The van der Waals surface area contributed by atoms with Crippen molar-refractivity contribution >= 4 is 29.1 Å². The topological polar surface area (TPSA) is 86.7 Å². The average molecular weight is 374 g/mol. The number of hydrogen-bond acceptors (Lipinski definition) is 4. The van der Waals surface area contributed by atoms with Crippen LogP contribution in [0.4, 0.5) is 0 Å². The Morgan fingerprint density at radius 3 is 2.38 bits per heavy atom. The van der Waals surface area contributed by atoms with Gasteiger partial charge in [0.2, 0.25) is 5.91 Å². The van der Waals surface area contributed by atoms with E-state index in [0.29, 0.717) is 16.9 Å². The first-order valence-electron chi connectivity index (χ1n) is 8.25. The van der Waals surface area contributed by atoms with Gasteiger partial charge in [-0.05, 0) is 23.4 Å². The van der Waals surface area contributed by atoms with Crippen LogP contribution in [0.25, 0.3) is 0 Å². The Labute approximate surface area is 156 Å².